The smallest absolute Gasteiger partial charge is 0.339 e. The lowest BCUT2D eigenvalue weighted by Gasteiger charge is -2.33. The summed E-state index contributed by atoms with van der Waals surface area (Å²) in [5.41, 5.74) is 2.05. The molecule has 0 saturated carbocycles. The van der Waals surface area contributed by atoms with Crippen molar-refractivity contribution < 1.29 is 19.1 Å². The molecular formula is C18H29N3O4. The molecule has 1 atom stereocenters. The molecule has 0 bridgehead atoms. The Labute approximate surface area is 149 Å². The molecule has 2 heterocycles. The third kappa shape index (κ3) is 4.83. The van der Waals surface area contributed by atoms with E-state index >= 15 is 0 Å². The van der Waals surface area contributed by atoms with Crippen molar-refractivity contribution in [1.29, 1.82) is 0 Å². The molecule has 0 radical (unpaired) electrons. The number of hydrogen-bond donors (Lipinski definition) is 2. The van der Waals surface area contributed by atoms with Crippen LogP contribution in [0.25, 0.3) is 0 Å². The van der Waals surface area contributed by atoms with Crippen molar-refractivity contribution in [2.24, 2.45) is 5.92 Å². The minimum absolute atomic E-state index is 0.0205. The summed E-state index contributed by atoms with van der Waals surface area (Å²) < 4.78 is 10.5. The van der Waals surface area contributed by atoms with E-state index in [1.54, 1.807) is 13.8 Å². The van der Waals surface area contributed by atoms with E-state index in [0.29, 0.717) is 41.6 Å². The number of H-pyrrole nitrogens is 1. The molecular weight excluding hydrogens is 322 g/mol. The van der Waals surface area contributed by atoms with Crippen LogP contribution >= 0.6 is 0 Å². The molecule has 0 spiro atoms. The van der Waals surface area contributed by atoms with Crippen molar-refractivity contribution in [2.75, 3.05) is 39.9 Å². The largest absolute Gasteiger partial charge is 0.465 e. The van der Waals surface area contributed by atoms with Crippen LogP contribution in [0.1, 0.15) is 46.0 Å². The average Bonchev–Trinajstić information content (AvgIpc) is 2.86. The second-order valence-electron chi connectivity index (χ2n) is 6.97. The average molecular weight is 351 g/mol. The van der Waals surface area contributed by atoms with E-state index in [1.165, 1.54) is 7.11 Å². The van der Waals surface area contributed by atoms with Gasteiger partial charge in [0.15, 0.2) is 0 Å². The number of nitrogens with zero attached hydrogens (tertiary/aromatic N) is 1. The lowest BCUT2D eigenvalue weighted by Crippen LogP contribution is -2.48. The number of aromatic amines is 1. The number of amides is 1. The minimum atomic E-state index is -0.440. The molecule has 0 aliphatic carbocycles. The number of esters is 1. The Hall–Kier alpha value is -1.86. The monoisotopic (exact) mass is 351 g/mol. The first kappa shape index (κ1) is 19.5. The van der Waals surface area contributed by atoms with E-state index in [9.17, 15) is 9.59 Å². The highest BCUT2D eigenvalue weighted by molar-refractivity contribution is 6.00. The SMILES string of the molecule is COC(=O)c1c(C)[nH]c(C(=O)NC[C@@H]2CN(CC(C)C)CCO2)c1C. The van der Waals surface area contributed by atoms with Crippen LogP contribution in [0.15, 0.2) is 0 Å². The number of hydrogen-bond acceptors (Lipinski definition) is 5. The number of ether oxygens (including phenoxy) is 2. The lowest BCUT2D eigenvalue weighted by molar-refractivity contribution is -0.0295. The summed E-state index contributed by atoms with van der Waals surface area (Å²) in [5, 5.41) is 2.91. The summed E-state index contributed by atoms with van der Waals surface area (Å²) in [6.45, 7) is 11.8. The Morgan fingerprint density at radius 2 is 2.12 bits per heavy atom. The molecule has 1 saturated heterocycles. The van der Waals surface area contributed by atoms with Gasteiger partial charge in [0.25, 0.3) is 5.91 Å². The van der Waals surface area contributed by atoms with Crippen LogP contribution in [0.5, 0.6) is 0 Å². The van der Waals surface area contributed by atoms with Crippen molar-refractivity contribution in [3.63, 3.8) is 0 Å². The summed E-state index contributed by atoms with van der Waals surface area (Å²) in [4.78, 5) is 29.7. The Morgan fingerprint density at radius 3 is 2.76 bits per heavy atom. The zero-order valence-corrected chi connectivity index (χ0v) is 15.8. The predicted molar refractivity (Wildman–Crippen MR) is 95.0 cm³/mol. The molecule has 0 unspecified atom stereocenters. The Kier molecular flexibility index (Phi) is 6.61. The summed E-state index contributed by atoms with van der Waals surface area (Å²) in [6, 6.07) is 0. The van der Waals surface area contributed by atoms with Gasteiger partial charge in [-0.05, 0) is 25.3 Å². The fourth-order valence-electron chi connectivity index (χ4n) is 3.27. The zero-order chi connectivity index (χ0) is 18.6. The van der Waals surface area contributed by atoms with E-state index in [1.807, 2.05) is 0 Å². The van der Waals surface area contributed by atoms with Gasteiger partial charge in [0, 0.05) is 31.9 Å². The minimum Gasteiger partial charge on any atom is -0.465 e. The lowest BCUT2D eigenvalue weighted by atomic mass is 10.1. The number of carbonyl (C=O) groups excluding carboxylic acids is 2. The highest BCUT2D eigenvalue weighted by Crippen LogP contribution is 2.19. The third-order valence-electron chi connectivity index (χ3n) is 4.39. The van der Waals surface area contributed by atoms with Crippen LogP contribution in [0.3, 0.4) is 0 Å². The number of morpholine rings is 1. The van der Waals surface area contributed by atoms with Crippen LogP contribution < -0.4 is 5.32 Å². The van der Waals surface area contributed by atoms with Gasteiger partial charge >= 0.3 is 5.97 Å². The highest BCUT2D eigenvalue weighted by Gasteiger charge is 2.25. The quantitative estimate of drug-likeness (QED) is 0.759. The maximum absolute atomic E-state index is 12.5. The van der Waals surface area contributed by atoms with E-state index < -0.39 is 5.97 Å². The molecule has 25 heavy (non-hydrogen) atoms. The molecule has 7 heteroatoms. The molecule has 1 amide bonds. The van der Waals surface area contributed by atoms with E-state index in [0.717, 1.165) is 19.6 Å². The van der Waals surface area contributed by atoms with Crippen LogP contribution in [0.4, 0.5) is 0 Å². The van der Waals surface area contributed by atoms with Crippen molar-refractivity contribution in [3.05, 3.63) is 22.5 Å². The maximum Gasteiger partial charge on any atom is 0.339 e. The summed E-state index contributed by atoms with van der Waals surface area (Å²) in [5.74, 6) is -0.0693. The van der Waals surface area contributed by atoms with E-state index in [4.69, 9.17) is 9.47 Å². The first-order chi connectivity index (χ1) is 11.8. The Morgan fingerprint density at radius 1 is 1.40 bits per heavy atom. The molecule has 1 fully saturated rings. The number of carbonyl (C=O) groups is 2. The first-order valence-electron chi connectivity index (χ1n) is 8.73. The molecule has 1 aliphatic rings. The highest BCUT2D eigenvalue weighted by atomic mass is 16.5. The Balaban J connectivity index is 1.95. The maximum atomic E-state index is 12.5. The second-order valence-corrected chi connectivity index (χ2v) is 6.97. The first-order valence-corrected chi connectivity index (χ1v) is 8.73. The van der Waals surface area contributed by atoms with Gasteiger partial charge in [-0.1, -0.05) is 13.8 Å². The normalized spacial score (nSPS) is 18.4. The molecule has 140 valence electrons. The standard InChI is InChI=1S/C18H29N3O4/c1-11(2)9-21-6-7-25-14(10-21)8-19-17(22)16-12(3)15(13(4)20-16)18(23)24-5/h11,14,20H,6-10H2,1-5H3,(H,19,22)/t14-/m1/s1. The van der Waals surface area contributed by atoms with Crippen LogP contribution in [-0.2, 0) is 9.47 Å². The fourth-order valence-corrected chi connectivity index (χ4v) is 3.27. The van der Waals surface area contributed by atoms with E-state index in [-0.39, 0.29) is 12.0 Å². The van der Waals surface area contributed by atoms with Gasteiger partial charge in [0.1, 0.15) is 5.69 Å². The van der Waals surface area contributed by atoms with Crippen LogP contribution in [0.2, 0.25) is 0 Å². The number of rotatable bonds is 6. The van der Waals surface area contributed by atoms with Gasteiger partial charge in [-0.2, -0.15) is 0 Å². The number of aromatic nitrogens is 1. The topological polar surface area (TPSA) is 83.7 Å². The van der Waals surface area contributed by atoms with Gasteiger partial charge in [-0.25, -0.2) is 4.79 Å². The molecule has 7 nitrogen and oxygen atoms in total. The number of nitrogens with one attached hydrogen (secondary N) is 2. The van der Waals surface area contributed by atoms with Crippen molar-refractivity contribution in [2.45, 2.75) is 33.8 Å². The number of aryl methyl sites for hydroxylation is 1. The molecule has 0 aromatic carbocycles. The summed E-state index contributed by atoms with van der Waals surface area (Å²) in [7, 11) is 1.33. The van der Waals surface area contributed by atoms with Crippen molar-refractivity contribution in [1.82, 2.24) is 15.2 Å². The molecule has 1 aromatic heterocycles. The van der Waals surface area contributed by atoms with Gasteiger partial charge in [-0.15, -0.1) is 0 Å². The van der Waals surface area contributed by atoms with Gasteiger partial charge < -0.3 is 19.8 Å². The second kappa shape index (κ2) is 8.49. The van der Waals surface area contributed by atoms with Gasteiger partial charge in [0.2, 0.25) is 0 Å². The van der Waals surface area contributed by atoms with Crippen LogP contribution in [-0.4, -0.2) is 67.8 Å². The van der Waals surface area contributed by atoms with E-state index in [2.05, 4.69) is 29.0 Å². The van der Waals surface area contributed by atoms with Crippen LogP contribution in [0, 0.1) is 19.8 Å². The summed E-state index contributed by atoms with van der Waals surface area (Å²) >= 11 is 0. The van der Waals surface area contributed by atoms with Gasteiger partial charge in [-0.3, -0.25) is 9.69 Å². The van der Waals surface area contributed by atoms with Crippen molar-refractivity contribution >= 4 is 11.9 Å². The molecule has 2 rings (SSSR count). The van der Waals surface area contributed by atoms with Crippen molar-refractivity contribution in [3.8, 4) is 0 Å². The predicted octanol–water partition coefficient (Wildman–Crippen LogP) is 1.50. The molecule has 2 N–H and O–H groups in total. The third-order valence-corrected chi connectivity index (χ3v) is 4.39. The van der Waals surface area contributed by atoms with Gasteiger partial charge in [0.05, 0.1) is 25.4 Å². The molecule has 1 aliphatic heterocycles. The molecule has 1 aromatic rings. The Bertz CT molecular complexity index is 624. The zero-order valence-electron chi connectivity index (χ0n) is 15.8. The summed E-state index contributed by atoms with van der Waals surface area (Å²) in [6.07, 6.45) is -0.0205. The fraction of sp³-hybridized carbons (Fsp3) is 0.667. The number of methoxy groups -OCH3 is 1.